The van der Waals surface area contributed by atoms with Gasteiger partial charge in [-0.3, -0.25) is 0 Å². The van der Waals surface area contributed by atoms with Crippen LogP contribution in [-0.4, -0.2) is 39.9 Å². The summed E-state index contributed by atoms with van der Waals surface area (Å²) < 4.78 is 53.9. The van der Waals surface area contributed by atoms with E-state index >= 15 is 0 Å². The fourth-order valence-corrected chi connectivity index (χ4v) is 3.78. The Hall–Kier alpha value is -3.67. The smallest absolute Gasteiger partial charge is 0.268 e. The van der Waals surface area contributed by atoms with Crippen molar-refractivity contribution in [2.24, 2.45) is 0 Å². The van der Waals surface area contributed by atoms with Crippen LogP contribution >= 0.6 is 0 Å². The molecule has 4 aromatic rings. The van der Waals surface area contributed by atoms with Crippen molar-refractivity contribution in [3.63, 3.8) is 0 Å². The number of benzene rings is 1. The summed E-state index contributed by atoms with van der Waals surface area (Å²) in [6.07, 6.45) is 2.40. The van der Waals surface area contributed by atoms with Crippen LogP contribution in [0.2, 0.25) is 0 Å². The molecule has 0 spiro atoms. The summed E-state index contributed by atoms with van der Waals surface area (Å²) >= 11 is 0. The molecule has 0 fully saturated rings. The van der Waals surface area contributed by atoms with Gasteiger partial charge in [0.1, 0.15) is 10.7 Å². The third-order valence-corrected chi connectivity index (χ3v) is 6.00. The molecule has 1 unspecified atom stereocenters. The van der Waals surface area contributed by atoms with Crippen LogP contribution in [0.25, 0.3) is 22.8 Å². The number of halogens is 1. The highest BCUT2D eigenvalue weighted by molar-refractivity contribution is 7.90. The van der Waals surface area contributed by atoms with Crippen molar-refractivity contribution in [1.29, 1.82) is 0 Å². The third kappa shape index (κ3) is 4.96. The van der Waals surface area contributed by atoms with Gasteiger partial charge in [-0.2, -0.15) is 9.97 Å². The van der Waals surface area contributed by atoms with E-state index < -0.39 is 26.7 Å². The van der Waals surface area contributed by atoms with Crippen LogP contribution in [0.3, 0.4) is 0 Å². The Morgan fingerprint density at radius 2 is 1.65 bits per heavy atom. The van der Waals surface area contributed by atoms with Crippen LogP contribution in [0.5, 0.6) is 5.88 Å². The van der Waals surface area contributed by atoms with Crippen molar-refractivity contribution in [2.45, 2.75) is 44.1 Å². The maximum Gasteiger partial charge on any atom is 0.268 e. The molecule has 0 saturated carbocycles. The van der Waals surface area contributed by atoms with Gasteiger partial charge in [0.05, 0.1) is 0 Å². The van der Waals surface area contributed by atoms with Gasteiger partial charge in [0, 0.05) is 35.6 Å². The van der Waals surface area contributed by atoms with E-state index in [0.717, 1.165) is 12.3 Å². The minimum atomic E-state index is -3.68. The fourth-order valence-electron chi connectivity index (χ4n) is 3.05. The second-order valence-electron chi connectivity index (χ2n) is 7.88. The number of rotatable bonds is 8. The van der Waals surface area contributed by atoms with Gasteiger partial charge < -0.3 is 13.8 Å². The number of hydrogen-bond donors (Lipinski definition) is 0. The summed E-state index contributed by atoms with van der Waals surface area (Å²) in [4.78, 5) is 12.5. The normalized spacial score (nSPS) is 12.8. The molecule has 0 saturated heterocycles. The molecule has 3 heterocycles. The Bertz CT molecular complexity index is 1400. The zero-order chi connectivity index (χ0) is 24.5. The van der Waals surface area contributed by atoms with Gasteiger partial charge in [-0.25, -0.2) is 17.8 Å². The first kappa shape index (κ1) is 23.5. The van der Waals surface area contributed by atoms with E-state index in [1.54, 1.807) is 18.3 Å². The van der Waals surface area contributed by atoms with Gasteiger partial charge in [-0.15, -0.1) is 0 Å². The number of hydrogen-bond acceptors (Lipinski definition) is 10. The quantitative estimate of drug-likeness (QED) is 0.352. The molecule has 0 amide bonds. The molecule has 34 heavy (non-hydrogen) atoms. The molecule has 0 aliphatic heterocycles. The van der Waals surface area contributed by atoms with Crippen molar-refractivity contribution >= 4 is 9.84 Å². The van der Waals surface area contributed by atoms with Crippen molar-refractivity contribution in [2.75, 3.05) is 6.26 Å². The number of ether oxygens (including phenoxy) is 1. The predicted molar refractivity (Wildman–Crippen MR) is 118 cm³/mol. The highest BCUT2D eigenvalue weighted by atomic mass is 32.2. The summed E-state index contributed by atoms with van der Waals surface area (Å²) in [7, 11) is -3.68. The van der Waals surface area contributed by atoms with Crippen LogP contribution in [0.4, 0.5) is 4.39 Å². The topological polar surface area (TPSA) is 134 Å². The van der Waals surface area contributed by atoms with E-state index in [-0.39, 0.29) is 23.2 Å². The monoisotopic (exact) mass is 487 g/mol. The summed E-state index contributed by atoms with van der Waals surface area (Å²) in [5.41, 5.74) is 0.953. The van der Waals surface area contributed by atoms with Gasteiger partial charge >= 0.3 is 0 Å². The molecule has 0 aliphatic rings. The van der Waals surface area contributed by atoms with Gasteiger partial charge in [-0.05, 0) is 30.7 Å². The second-order valence-corrected chi connectivity index (χ2v) is 9.87. The molecule has 1 aromatic carbocycles. The lowest BCUT2D eigenvalue weighted by atomic mass is 10.2. The van der Waals surface area contributed by atoms with Crippen LogP contribution in [0, 0.1) is 5.82 Å². The Labute approximate surface area is 195 Å². The molecule has 0 bridgehead atoms. The summed E-state index contributed by atoms with van der Waals surface area (Å²) in [6, 6.07) is 7.06. The molecule has 1 atom stereocenters. The number of aromatic nitrogens is 5. The summed E-state index contributed by atoms with van der Waals surface area (Å²) in [5, 5.41) is 7.83. The van der Waals surface area contributed by atoms with E-state index in [0.29, 0.717) is 29.6 Å². The first-order chi connectivity index (χ1) is 16.2. The van der Waals surface area contributed by atoms with Crippen molar-refractivity contribution in [1.82, 2.24) is 25.3 Å². The Morgan fingerprint density at radius 1 is 1.00 bits per heavy atom. The summed E-state index contributed by atoms with van der Waals surface area (Å²) in [6.45, 7) is 5.79. The highest BCUT2D eigenvalue weighted by Gasteiger charge is 2.22. The maximum absolute atomic E-state index is 14.2. The van der Waals surface area contributed by atoms with E-state index in [4.69, 9.17) is 13.8 Å². The Kier molecular flexibility index (Phi) is 6.42. The number of sulfone groups is 1. The molecule has 0 N–H and O–H groups in total. The fraction of sp³-hybridized carbons (Fsp3) is 0.318. The Balaban J connectivity index is 1.50. The average Bonchev–Trinajstić information content (AvgIpc) is 3.47. The zero-order valence-corrected chi connectivity index (χ0v) is 19.7. The molecular formula is C22H22FN5O5S. The first-order valence-corrected chi connectivity index (χ1v) is 12.3. The molecule has 0 aliphatic carbocycles. The molecule has 12 heteroatoms. The Morgan fingerprint density at radius 3 is 2.21 bits per heavy atom. The minimum Gasteiger partial charge on any atom is -0.464 e. The largest absolute Gasteiger partial charge is 0.464 e. The van der Waals surface area contributed by atoms with Gasteiger partial charge in [0.15, 0.2) is 15.9 Å². The predicted octanol–water partition coefficient (Wildman–Crippen LogP) is 4.38. The second kappa shape index (κ2) is 9.29. The van der Waals surface area contributed by atoms with Crippen LogP contribution in [-0.2, 0) is 9.84 Å². The molecule has 0 radical (unpaired) electrons. The summed E-state index contributed by atoms with van der Waals surface area (Å²) in [5.74, 6) is 0.820. The highest BCUT2D eigenvalue weighted by Crippen LogP contribution is 2.27. The van der Waals surface area contributed by atoms with Gasteiger partial charge in [-0.1, -0.05) is 31.1 Å². The van der Waals surface area contributed by atoms with Crippen LogP contribution < -0.4 is 4.74 Å². The third-order valence-electron chi connectivity index (χ3n) is 4.87. The lowest BCUT2D eigenvalue weighted by Gasteiger charge is -2.12. The lowest BCUT2D eigenvalue weighted by molar-refractivity contribution is 0.148. The van der Waals surface area contributed by atoms with Crippen molar-refractivity contribution in [3.05, 3.63) is 54.1 Å². The number of pyridine rings is 1. The first-order valence-electron chi connectivity index (χ1n) is 10.5. The van der Waals surface area contributed by atoms with E-state index in [1.165, 1.54) is 12.1 Å². The van der Waals surface area contributed by atoms with E-state index in [2.05, 4.69) is 25.3 Å². The average molecular weight is 488 g/mol. The van der Waals surface area contributed by atoms with Crippen LogP contribution in [0.1, 0.15) is 51.0 Å². The van der Waals surface area contributed by atoms with Crippen molar-refractivity contribution < 1.29 is 26.6 Å². The van der Waals surface area contributed by atoms with Crippen molar-refractivity contribution in [3.8, 4) is 28.7 Å². The van der Waals surface area contributed by atoms with E-state index in [9.17, 15) is 12.8 Å². The SMILES string of the molecule is CCC(Oc1ccc(-c2noc(C(C)C)n2)cn1)c1nc(-c2ccc(S(C)(=O)=O)c(F)c2)no1. The number of nitrogens with zero attached hydrogens (tertiary/aromatic N) is 5. The maximum atomic E-state index is 14.2. The zero-order valence-electron chi connectivity index (χ0n) is 18.9. The standard InChI is InChI=1S/C22H22FN5O5S/c1-5-16(31-18-9-7-14(11-24-18)20-25-21(12(2)3)32-28-20)22-26-19(27-33-22)13-6-8-17(15(23)10-13)34(4,29)30/h6-12,16H,5H2,1-4H3. The minimum absolute atomic E-state index is 0.109. The molecule has 178 valence electrons. The molecule has 3 aromatic heterocycles. The molecule has 10 nitrogen and oxygen atoms in total. The molecule has 4 rings (SSSR count). The molecular weight excluding hydrogens is 465 g/mol. The van der Waals surface area contributed by atoms with Crippen LogP contribution in [0.15, 0.2) is 50.5 Å². The van der Waals surface area contributed by atoms with Gasteiger partial charge in [0.25, 0.3) is 5.89 Å². The van der Waals surface area contributed by atoms with Gasteiger partial charge in [0.2, 0.25) is 23.4 Å². The lowest BCUT2D eigenvalue weighted by Crippen LogP contribution is -2.08. The van der Waals surface area contributed by atoms with E-state index in [1.807, 2.05) is 20.8 Å².